The molecule has 0 spiro atoms. The lowest BCUT2D eigenvalue weighted by atomic mass is 10.0. The van der Waals surface area contributed by atoms with Gasteiger partial charge in [-0.15, -0.1) is 0 Å². The highest BCUT2D eigenvalue weighted by Crippen LogP contribution is 2.35. The summed E-state index contributed by atoms with van der Waals surface area (Å²) in [6, 6.07) is 21.4. The van der Waals surface area contributed by atoms with Gasteiger partial charge in [-0.2, -0.15) is 0 Å². The van der Waals surface area contributed by atoms with E-state index < -0.39 is 0 Å². The molecule has 132 valence electrons. The Balaban J connectivity index is 1.55. The highest BCUT2D eigenvalue weighted by Gasteiger charge is 2.27. The number of benzene rings is 2. The third-order valence-corrected chi connectivity index (χ3v) is 4.93. The second-order valence-corrected chi connectivity index (χ2v) is 6.58. The van der Waals surface area contributed by atoms with Gasteiger partial charge in [0.05, 0.1) is 17.0 Å². The van der Waals surface area contributed by atoms with E-state index >= 15 is 0 Å². The number of furan rings is 1. The van der Waals surface area contributed by atoms with E-state index in [9.17, 15) is 10.1 Å². The quantitative estimate of drug-likeness (QED) is 0.470. The molecule has 5 nitrogen and oxygen atoms in total. The number of nitro benzene ring substituents is 1. The summed E-state index contributed by atoms with van der Waals surface area (Å²) in [5.74, 6) is 1.38. The molecule has 0 radical (unpaired) electrons. The lowest BCUT2D eigenvalue weighted by Gasteiger charge is -2.23. The molecule has 1 saturated heterocycles. The van der Waals surface area contributed by atoms with Crippen molar-refractivity contribution in [1.29, 1.82) is 0 Å². The highest BCUT2D eigenvalue weighted by atomic mass is 16.6. The van der Waals surface area contributed by atoms with E-state index in [1.807, 2.05) is 18.2 Å². The summed E-state index contributed by atoms with van der Waals surface area (Å²) < 4.78 is 5.96. The molecule has 0 amide bonds. The van der Waals surface area contributed by atoms with E-state index in [1.165, 1.54) is 11.6 Å². The Bertz CT molecular complexity index is 904. The predicted molar refractivity (Wildman–Crippen MR) is 99.6 cm³/mol. The average molecular weight is 348 g/mol. The van der Waals surface area contributed by atoms with Gasteiger partial charge in [0.2, 0.25) is 0 Å². The number of hydrogen-bond donors (Lipinski definition) is 0. The van der Waals surface area contributed by atoms with E-state index in [0.717, 1.165) is 25.1 Å². The molecular formula is C21H20N2O3. The van der Waals surface area contributed by atoms with E-state index in [4.69, 9.17) is 4.42 Å². The van der Waals surface area contributed by atoms with Crippen molar-refractivity contribution in [3.63, 3.8) is 0 Å². The van der Waals surface area contributed by atoms with Crippen molar-refractivity contribution in [2.45, 2.75) is 25.4 Å². The van der Waals surface area contributed by atoms with Crippen molar-refractivity contribution >= 4 is 5.69 Å². The van der Waals surface area contributed by atoms with Gasteiger partial charge >= 0.3 is 0 Å². The third kappa shape index (κ3) is 3.26. The first-order valence-corrected chi connectivity index (χ1v) is 8.84. The van der Waals surface area contributed by atoms with Crippen LogP contribution in [0.5, 0.6) is 0 Å². The minimum absolute atomic E-state index is 0.0664. The summed E-state index contributed by atoms with van der Waals surface area (Å²) in [7, 11) is 0. The topological polar surface area (TPSA) is 59.5 Å². The standard InChI is InChI=1S/C21H20N2O3/c24-23(25)20-10-5-4-9-18(20)21-13-12-17(26-21)15-22-14-6-11-19(22)16-7-2-1-3-8-16/h1-5,7-10,12-13,19H,6,11,14-15H2. The number of nitro groups is 1. The van der Waals surface area contributed by atoms with Crippen LogP contribution in [0.1, 0.15) is 30.2 Å². The van der Waals surface area contributed by atoms with Crippen LogP contribution in [0.3, 0.4) is 0 Å². The zero-order chi connectivity index (χ0) is 17.9. The van der Waals surface area contributed by atoms with E-state index in [0.29, 0.717) is 23.9 Å². The number of rotatable bonds is 5. The van der Waals surface area contributed by atoms with Crippen molar-refractivity contribution in [3.05, 3.63) is 88.2 Å². The Morgan fingerprint density at radius 3 is 2.62 bits per heavy atom. The lowest BCUT2D eigenvalue weighted by Crippen LogP contribution is -2.22. The molecule has 0 aliphatic carbocycles. The summed E-state index contributed by atoms with van der Waals surface area (Å²) in [6.07, 6.45) is 2.30. The minimum Gasteiger partial charge on any atom is -0.459 e. The zero-order valence-electron chi connectivity index (χ0n) is 14.4. The molecule has 3 aromatic rings. The second-order valence-electron chi connectivity index (χ2n) is 6.58. The number of para-hydroxylation sites is 1. The Morgan fingerprint density at radius 1 is 1.04 bits per heavy atom. The maximum atomic E-state index is 11.2. The van der Waals surface area contributed by atoms with Crippen LogP contribution in [0.15, 0.2) is 71.1 Å². The molecule has 1 fully saturated rings. The molecule has 0 N–H and O–H groups in total. The molecule has 5 heteroatoms. The first-order chi connectivity index (χ1) is 12.7. The number of nitrogens with zero attached hydrogens (tertiary/aromatic N) is 2. The Labute approximate surface area is 152 Å². The first-order valence-electron chi connectivity index (χ1n) is 8.84. The fraction of sp³-hybridized carbons (Fsp3) is 0.238. The van der Waals surface area contributed by atoms with Crippen LogP contribution in [0, 0.1) is 10.1 Å². The van der Waals surface area contributed by atoms with Crippen LogP contribution < -0.4 is 0 Å². The van der Waals surface area contributed by atoms with E-state index in [-0.39, 0.29) is 10.6 Å². The number of hydrogen-bond acceptors (Lipinski definition) is 4. The van der Waals surface area contributed by atoms with Gasteiger partial charge in [0.15, 0.2) is 0 Å². The second kappa shape index (κ2) is 7.14. The smallest absolute Gasteiger partial charge is 0.280 e. The fourth-order valence-corrected chi connectivity index (χ4v) is 3.72. The van der Waals surface area contributed by atoms with Gasteiger partial charge in [-0.05, 0) is 43.1 Å². The predicted octanol–water partition coefficient (Wildman–Crippen LogP) is 5.19. The van der Waals surface area contributed by atoms with Crippen LogP contribution in [-0.2, 0) is 6.54 Å². The van der Waals surface area contributed by atoms with Gasteiger partial charge in [0.1, 0.15) is 11.5 Å². The van der Waals surface area contributed by atoms with Crippen molar-refractivity contribution in [3.8, 4) is 11.3 Å². The molecule has 2 aromatic carbocycles. The van der Waals surface area contributed by atoms with Crippen LogP contribution in [0.25, 0.3) is 11.3 Å². The van der Waals surface area contributed by atoms with E-state index in [2.05, 4.69) is 29.2 Å². The zero-order valence-corrected chi connectivity index (χ0v) is 14.4. The van der Waals surface area contributed by atoms with Crippen LogP contribution >= 0.6 is 0 Å². The van der Waals surface area contributed by atoms with Crippen molar-refractivity contribution in [2.75, 3.05) is 6.54 Å². The molecule has 1 atom stereocenters. The summed E-state index contributed by atoms with van der Waals surface area (Å²) >= 11 is 0. The molecule has 4 rings (SSSR count). The molecular weight excluding hydrogens is 328 g/mol. The molecule has 2 heterocycles. The van der Waals surface area contributed by atoms with Crippen LogP contribution in [0.4, 0.5) is 5.69 Å². The highest BCUT2D eigenvalue weighted by molar-refractivity contribution is 5.69. The van der Waals surface area contributed by atoms with Gasteiger partial charge in [0.25, 0.3) is 5.69 Å². The maximum absolute atomic E-state index is 11.2. The SMILES string of the molecule is O=[N+]([O-])c1ccccc1-c1ccc(CN2CCCC2c2ccccc2)o1. The summed E-state index contributed by atoms with van der Waals surface area (Å²) in [5.41, 5.74) is 1.91. The molecule has 26 heavy (non-hydrogen) atoms. The Hall–Kier alpha value is -2.92. The third-order valence-electron chi connectivity index (χ3n) is 4.93. The molecule has 1 aliphatic heterocycles. The van der Waals surface area contributed by atoms with Crippen molar-refractivity contribution < 1.29 is 9.34 Å². The summed E-state index contributed by atoms with van der Waals surface area (Å²) in [5, 5.41) is 11.2. The molecule has 0 bridgehead atoms. The normalized spacial score (nSPS) is 17.5. The van der Waals surface area contributed by atoms with Gasteiger partial charge in [-0.3, -0.25) is 15.0 Å². The fourth-order valence-electron chi connectivity index (χ4n) is 3.72. The van der Waals surface area contributed by atoms with Gasteiger partial charge < -0.3 is 4.42 Å². The molecule has 1 unspecified atom stereocenters. The van der Waals surface area contributed by atoms with Crippen LogP contribution in [-0.4, -0.2) is 16.4 Å². The van der Waals surface area contributed by atoms with Crippen LogP contribution in [0.2, 0.25) is 0 Å². The van der Waals surface area contributed by atoms with Gasteiger partial charge in [0, 0.05) is 12.1 Å². The minimum atomic E-state index is -0.372. The van der Waals surface area contributed by atoms with Gasteiger partial charge in [-0.25, -0.2) is 0 Å². The molecule has 1 aliphatic rings. The van der Waals surface area contributed by atoms with Crippen molar-refractivity contribution in [2.24, 2.45) is 0 Å². The monoisotopic (exact) mass is 348 g/mol. The maximum Gasteiger partial charge on any atom is 0.280 e. The average Bonchev–Trinajstić information content (AvgIpc) is 3.32. The number of likely N-dealkylation sites (tertiary alicyclic amines) is 1. The lowest BCUT2D eigenvalue weighted by molar-refractivity contribution is -0.384. The molecule has 0 saturated carbocycles. The Kier molecular flexibility index (Phi) is 4.54. The van der Waals surface area contributed by atoms with Gasteiger partial charge in [-0.1, -0.05) is 42.5 Å². The Morgan fingerprint density at radius 2 is 1.81 bits per heavy atom. The first kappa shape index (κ1) is 16.5. The largest absolute Gasteiger partial charge is 0.459 e. The van der Waals surface area contributed by atoms with E-state index in [1.54, 1.807) is 18.2 Å². The summed E-state index contributed by atoms with van der Waals surface area (Å²) in [6.45, 7) is 1.74. The van der Waals surface area contributed by atoms with Crippen molar-refractivity contribution in [1.82, 2.24) is 4.90 Å². The molecule has 1 aromatic heterocycles. The summed E-state index contributed by atoms with van der Waals surface area (Å²) in [4.78, 5) is 13.3.